The standard InChI is InChI=1S/C12H22N2O4/c1-9(2)8-18-7-6-13-12(17)14-10(3)4-5-11(15)16/h10H,1,4-8H2,2-3H3,(H,15,16)(H2,13,14,17). The summed E-state index contributed by atoms with van der Waals surface area (Å²) in [7, 11) is 0. The van der Waals surface area contributed by atoms with Gasteiger partial charge in [0.25, 0.3) is 0 Å². The number of carboxylic acids is 1. The predicted octanol–water partition coefficient (Wildman–Crippen LogP) is 1.13. The number of aliphatic carboxylic acids is 1. The summed E-state index contributed by atoms with van der Waals surface area (Å²) in [6.45, 7) is 8.63. The first-order valence-electron chi connectivity index (χ1n) is 5.90. The molecule has 0 fully saturated rings. The second-order valence-electron chi connectivity index (χ2n) is 4.24. The van der Waals surface area contributed by atoms with E-state index in [-0.39, 0.29) is 18.5 Å². The molecule has 0 bridgehead atoms. The molecule has 2 amide bonds. The Balaban J connectivity index is 3.52. The molecule has 0 saturated heterocycles. The fourth-order valence-electron chi connectivity index (χ4n) is 1.17. The molecule has 6 nitrogen and oxygen atoms in total. The zero-order chi connectivity index (χ0) is 14.0. The molecule has 0 aliphatic rings. The topological polar surface area (TPSA) is 87.7 Å². The van der Waals surface area contributed by atoms with Crippen LogP contribution in [0.15, 0.2) is 12.2 Å². The third kappa shape index (κ3) is 10.9. The van der Waals surface area contributed by atoms with Gasteiger partial charge >= 0.3 is 12.0 Å². The first kappa shape index (κ1) is 16.4. The van der Waals surface area contributed by atoms with Crippen LogP contribution < -0.4 is 10.6 Å². The molecule has 0 radical (unpaired) electrons. The van der Waals surface area contributed by atoms with Crippen molar-refractivity contribution in [3.05, 3.63) is 12.2 Å². The average Bonchev–Trinajstić information content (AvgIpc) is 2.25. The molecular weight excluding hydrogens is 236 g/mol. The molecule has 0 aromatic rings. The normalized spacial score (nSPS) is 11.7. The molecule has 1 unspecified atom stereocenters. The van der Waals surface area contributed by atoms with Crippen LogP contribution in [0, 0.1) is 0 Å². The lowest BCUT2D eigenvalue weighted by atomic mass is 10.2. The van der Waals surface area contributed by atoms with Crippen molar-refractivity contribution in [2.24, 2.45) is 0 Å². The lowest BCUT2D eigenvalue weighted by molar-refractivity contribution is -0.137. The van der Waals surface area contributed by atoms with Gasteiger partial charge in [-0.15, -0.1) is 0 Å². The summed E-state index contributed by atoms with van der Waals surface area (Å²) in [6.07, 6.45) is 0.456. The second-order valence-corrected chi connectivity index (χ2v) is 4.24. The predicted molar refractivity (Wildman–Crippen MR) is 68.5 cm³/mol. The van der Waals surface area contributed by atoms with E-state index in [4.69, 9.17) is 9.84 Å². The van der Waals surface area contributed by atoms with Crippen molar-refractivity contribution >= 4 is 12.0 Å². The van der Waals surface area contributed by atoms with E-state index in [0.29, 0.717) is 26.2 Å². The number of carboxylic acid groups (broad SMARTS) is 1. The van der Waals surface area contributed by atoms with Gasteiger partial charge in [0.2, 0.25) is 0 Å². The van der Waals surface area contributed by atoms with Crippen molar-refractivity contribution < 1.29 is 19.4 Å². The van der Waals surface area contributed by atoms with Crippen LogP contribution in [0.1, 0.15) is 26.7 Å². The zero-order valence-electron chi connectivity index (χ0n) is 11.0. The summed E-state index contributed by atoms with van der Waals surface area (Å²) < 4.78 is 5.21. The number of amides is 2. The highest BCUT2D eigenvalue weighted by atomic mass is 16.5. The molecule has 0 aromatic carbocycles. The maximum atomic E-state index is 11.4. The van der Waals surface area contributed by atoms with E-state index in [2.05, 4.69) is 17.2 Å². The van der Waals surface area contributed by atoms with Crippen molar-refractivity contribution in [1.29, 1.82) is 0 Å². The molecule has 0 heterocycles. The number of hydrogen-bond acceptors (Lipinski definition) is 3. The van der Waals surface area contributed by atoms with Gasteiger partial charge in [0.05, 0.1) is 13.2 Å². The number of nitrogens with one attached hydrogen (secondary N) is 2. The molecule has 0 saturated carbocycles. The van der Waals surface area contributed by atoms with Crippen LogP contribution in [-0.4, -0.2) is 42.9 Å². The van der Waals surface area contributed by atoms with Gasteiger partial charge in [0.1, 0.15) is 0 Å². The van der Waals surface area contributed by atoms with E-state index in [9.17, 15) is 9.59 Å². The molecule has 0 aromatic heterocycles. The van der Waals surface area contributed by atoms with Gasteiger partial charge in [-0.2, -0.15) is 0 Å². The van der Waals surface area contributed by atoms with E-state index in [0.717, 1.165) is 5.57 Å². The first-order valence-corrected chi connectivity index (χ1v) is 5.90. The quantitative estimate of drug-likeness (QED) is 0.427. The highest BCUT2D eigenvalue weighted by molar-refractivity contribution is 5.74. The summed E-state index contributed by atoms with van der Waals surface area (Å²) in [4.78, 5) is 21.7. The van der Waals surface area contributed by atoms with Gasteiger partial charge in [-0.1, -0.05) is 12.2 Å². The minimum absolute atomic E-state index is 0.0448. The summed E-state index contributed by atoms with van der Waals surface area (Å²) in [5.41, 5.74) is 0.932. The third-order valence-electron chi connectivity index (χ3n) is 2.05. The number of rotatable bonds is 9. The molecular formula is C12H22N2O4. The Morgan fingerprint density at radius 2 is 2.11 bits per heavy atom. The molecule has 0 rings (SSSR count). The van der Waals surface area contributed by atoms with Gasteiger partial charge < -0.3 is 20.5 Å². The average molecular weight is 258 g/mol. The molecule has 1 atom stereocenters. The van der Waals surface area contributed by atoms with E-state index in [1.165, 1.54) is 0 Å². The molecule has 3 N–H and O–H groups in total. The highest BCUT2D eigenvalue weighted by Gasteiger charge is 2.08. The van der Waals surface area contributed by atoms with Gasteiger partial charge in [-0.25, -0.2) is 4.79 Å². The summed E-state index contributed by atoms with van der Waals surface area (Å²) in [5.74, 6) is -0.864. The third-order valence-corrected chi connectivity index (χ3v) is 2.05. The van der Waals surface area contributed by atoms with Crippen molar-refractivity contribution in [3.63, 3.8) is 0 Å². The Labute approximate surface area is 107 Å². The largest absolute Gasteiger partial charge is 0.481 e. The maximum Gasteiger partial charge on any atom is 0.315 e. The van der Waals surface area contributed by atoms with Gasteiger partial charge in [0, 0.05) is 19.0 Å². The van der Waals surface area contributed by atoms with Crippen molar-refractivity contribution in [2.75, 3.05) is 19.8 Å². The van der Waals surface area contributed by atoms with Crippen molar-refractivity contribution in [3.8, 4) is 0 Å². The Kier molecular flexibility index (Phi) is 8.65. The van der Waals surface area contributed by atoms with Crippen LogP contribution in [0.25, 0.3) is 0 Å². The van der Waals surface area contributed by atoms with E-state index in [1.54, 1.807) is 6.92 Å². The monoisotopic (exact) mass is 258 g/mol. The first-order chi connectivity index (χ1) is 8.41. The Bertz CT molecular complexity index is 292. The van der Waals surface area contributed by atoms with Crippen LogP contribution in [0.3, 0.4) is 0 Å². The van der Waals surface area contributed by atoms with Crippen molar-refractivity contribution in [2.45, 2.75) is 32.7 Å². The van der Waals surface area contributed by atoms with E-state index in [1.807, 2.05) is 6.92 Å². The zero-order valence-corrected chi connectivity index (χ0v) is 11.0. The number of carbonyl (C=O) groups excluding carboxylic acids is 1. The molecule has 104 valence electrons. The fraction of sp³-hybridized carbons (Fsp3) is 0.667. The van der Waals surface area contributed by atoms with Crippen LogP contribution >= 0.6 is 0 Å². The summed E-state index contributed by atoms with van der Waals surface area (Å²) >= 11 is 0. The van der Waals surface area contributed by atoms with Gasteiger partial charge in [-0.05, 0) is 20.3 Å². The van der Waals surface area contributed by atoms with Crippen LogP contribution in [-0.2, 0) is 9.53 Å². The summed E-state index contributed by atoms with van der Waals surface area (Å²) in [6, 6.07) is -0.482. The van der Waals surface area contributed by atoms with Crippen LogP contribution in [0.5, 0.6) is 0 Å². The SMILES string of the molecule is C=C(C)COCCNC(=O)NC(C)CCC(=O)O. The van der Waals surface area contributed by atoms with E-state index < -0.39 is 5.97 Å². The lowest BCUT2D eigenvalue weighted by Gasteiger charge is -2.13. The minimum Gasteiger partial charge on any atom is -0.481 e. The molecule has 0 spiro atoms. The lowest BCUT2D eigenvalue weighted by Crippen LogP contribution is -2.42. The molecule has 0 aliphatic heterocycles. The van der Waals surface area contributed by atoms with Gasteiger partial charge in [0.15, 0.2) is 0 Å². The molecule has 6 heteroatoms. The Morgan fingerprint density at radius 1 is 1.44 bits per heavy atom. The maximum absolute atomic E-state index is 11.4. The minimum atomic E-state index is -0.864. The second kappa shape index (κ2) is 9.47. The number of carbonyl (C=O) groups is 2. The highest BCUT2D eigenvalue weighted by Crippen LogP contribution is 1.95. The smallest absolute Gasteiger partial charge is 0.315 e. The summed E-state index contributed by atoms with van der Waals surface area (Å²) in [5, 5.41) is 13.8. The molecule has 0 aliphatic carbocycles. The Morgan fingerprint density at radius 3 is 2.67 bits per heavy atom. The Hall–Kier alpha value is -1.56. The van der Waals surface area contributed by atoms with Crippen LogP contribution in [0.4, 0.5) is 4.79 Å². The van der Waals surface area contributed by atoms with Gasteiger partial charge in [-0.3, -0.25) is 4.79 Å². The van der Waals surface area contributed by atoms with Crippen LogP contribution in [0.2, 0.25) is 0 Å². The number of ether oxygens (including phenoxy) is 1. The van der Waals surface area contributed by atoms with E-state index >= 15 is 0 Å². The number of hydrogen-bond donors (Lipinski definition) is 3. The number of urea groups is 1. The van der Waals surface area contributed by atoms with Crippen molar-refractivity contribution in [1.82, 2.24) is 10.6 Å². The fourth-order valence-corrected chi connectivity index (χ4v) is 1.17. The molecule has 18 heavy (non-hydrogen) atoms.